The fourth-order valence-corrected chi connectivity index (χ4v) is 2.33. The zero-order valence-corrected chi connectivity index (χ0v) is 6.50. The number of hydrogen-bond acceptors (Lipinski definition) is 2. The highest BCUT2D eigenvalue weighted by atomic mass is 31.2. The van der Waals surface area contributed by atoms with Crippen molar-refractivity contribution >= 4 is 7.60 Å². The molecule has 10 heavy (non-hydrogen) atoms. The fraction of sp³-hybridized carbons (Fsp3) is 1.00. The third-order valence-corrected chi connectivity index (χ3v) is 3.34. The normalized spacial score (nSPS) is 34.7. The van der Waals surface area contributed by atoms with Crippen LogP contribution in [0.2, 0.25) is 0 Å². The SMILES string of the molecule is N[C@@H]1CCC(P(=O)(O)O)C1. The summed E-state index contributed by atoms with van der Waals surface area (Å²) < 4.78 is 10.6. The summed E-state index contributed by atoms with van der Waals surface area (Å²) in [5, 5.41) is 0. The minimum absolute atomic E-state index is 0.00220. The van der Waals surface area contributed by atoms with Crippen molar-refractivity contribution in [1.82, 2.24) is 0 Å². The second-order valence-corrected chi connectivity index (χ2v) is 4.72. The van der Waals surface area contributed by atoms with Gasteiger partial charge in [0.2, 0.25) is 0 Å². The molecule has 0 spiro atoms. The molecule has 0 saturated heterocycles. The highest BCUT2D eigenvalue weighted by Gasteiger charge is 2.34. The summed E-state index contributed by atoms with van der Waals surface area (Å²) in [6.07, 6.45) is 1.80. The molecule has 0 heterocycles. The first kappa shape index (κ1) is 8.21. The lowest BCUT2D eigenvalue weighted by Crippen LogP contribution is -2.16. The Bertz CT molecular complexity index is 166. The largest absolute Gasteiger partial charge is 0.328 e. The molecule has 1 saturated carbocycles. The summed E-state index contributed by atoms with van der Waals surface area (Å²) >= 11 is 0. The molecule has 1 rings (SSSR count). The molecule has 1 unspecified atom stereocenters. The molecule has 4 nitrogen and oxygen atoms in total. The van der Waals surface area contributed by atoms with Crippen molar-refractivity contribution in [3.05, 3.63) is 0 Å². The zero-order valence-electron chi connectivity index (χ0n) is 5.60. The molecule has 1 fully saturated rings. The summed E-state index contributed by atoms with van der Waals surface area (Å²) in [5.74, 6) is 0. The van der Waals surface area contributed by atoms with Crippen molar-refractivity contribution in [2.75, 3.05) is 0 Å². The lowest BCUT2D eigenvalue weighted by atomic mass is 10.3. The van der Waals surface area contributed by atoms with Crippen LogP contribution < -0.4 is 5.73 Å². The molecule has 4 N–H and O–H groups in total. The second-order valence-electron chi connectivity index (χ2n) is 2.82. The van der Waals surface area contributed by atoms with Gasteiger partial charge in [-0.2, -0.15) is 0 Å². The molecular formula is C5H12NO3P. The highest BCUT2D eigenvalue weighted by molar-refractivity contribution is 7.52. The van der Waals surface area contributed by atoms with Crippen LogP contribution in [-0.2, 0) is 4.57 Å². The van der Waals surface area contributed by atoms with Gasteiger partial charge in [0.15, 0.2) is 0 Å². The quantitative estimate of drug-likeness (QED) is 0.479. The van der Waals surface area contributed by atoms with Gasteiger partial charge in [0.25, 0.3) is 0 Å². The lowest BCUT2D eigenvalue weighted by molar-refractivity contribution is 0.357. The number of hydrogen-bond donors (Lipinski definition) is 3. The van der Waals surface area contributed by atoms with E-state index in [9.17, 15) is 4.57 Å². The predicted octanol–water partition coefficient (Wildman–Crippen LogP) is 0.0439. The molecule has 0 bridgehead atoms. The summed E-state index contributed by atoms with van der Waals surface area (Å²) in [6, 6.07) is -0.00220. The summed E-state index contributed by atoms with van der Waals surface area (Å²) in [6.45, 7) is 0. The van der Waals surface area contributed by atoms with Crippen molar-refractivity contribution in [3.63, 3.8) is 0 Å². The van der Waals surface area contributed by atoms with Gasteiger partial charge < -0.3 is 15.5 Å². The summed E-state index contributed by atoms with van der Waals surface area (Å²) in [7, 11) is -3.83. The van der Waals surface area contributed by atoms with E-state index in [0.29, 0.717) is 12.8 Å². The third kappa shape index (κ3) is 1.80. The smallest absolute Gasteiger partial charge is 0.328 e. The maximum atomic E-state index is 10.6. The van der Waals surface area contributed by atoms with Crippen LogP contribution in [0.1, 0.15) is 19.3 Å². The molecule has 60 valence electrons. The average molecular weight is 165 g/mol. The van der Waals surface area contributed by atoms with Crippen LogP contribution in [0.5, 0.6) is 0 Å². The molecule has 1 aliphatic rings. The first-order valence-electron chi connectivity index (χ1n) is 3.31. The Morgan fingerprint density at radius 1 is 1.40 bits per heavy atom. The van der Waals surface area contributed by atoms with Gasteiger partial charge in [-0.3, -0.25) is 4.57 Å². The molecule has 0 aromatic rings. The van der Waals surface area contributed by atoms with Gasteiger partial charge in [-0.1, -0.05) is 0 Å². The Hall–Kier alpha value is 0.110. The molecule has 5 heteroatoms. The van der Waals surface area contributed by atoms with Crippen molar-refractivity contribution in [2.24, 2.45) is 5.73 Å². The van der Waals surface area contributed by atoms with Crippen LogP contribution in [0.25, 0.3) is 0 Å². The van der Waals surface area contributed by atoms with E-state index in [0.717, 1.165) is 6.42 Å². The maximum absolute atomic E-state index is 10.6. The van der Waals surface area contributed by atoms with E-state index in [1.807, 2.05) is 0 Å². The lowest BCUT2D eigenvalue weighted by Gasteiger charge is -2.10. The van der Waals surface area contributed by atoms with Gasteiger partial charge in [-0.15, -0.1) is 0 Å². The Morgan fingerprint density at radius 3 is 2.20 bits per heavy atom. The van der Waals surface area contributed by atoms with Crippen LogP contribution in [0.4, 0.5) is 0 Å². The Labute approximate surface area is 59.6 Å². The average Bonchev–Trinajstić information content (AvgIpc) is 2.11. The van der Waals surface area contributed by atoms with Crippen LogP contribution >= 0.6 is 7.60 Å². The van der Waals surface area contributed by atoms with Crippen LogP contribution in [0, 0.1) is 0 Å². The molecular weight excluding hydrogens is 153 g/mol. The van der Waals surface area contributed by atoms with Crippen LogP contribution in [0.3, 0.4) is 0 Å². The van der Waals surface area contributed by atoms with Crippen molar-refractivity contribution in [3.8, 4) is 0 Å². The van der Waals surface area contributed by atoms with Gasteiger partial charge in [-0.05, 0) is 19.3 Å². The Balaban J connectivity index is 2.53. The van der Waals surface area contributed by atoms with Gasteiger partial charge in [-0.25, -0.2) is 0 Å². The van der Waals surface area contributed by atoms with E-state index < -0.39 is 13.3 Å². The van der Waals surface area contributed by atoms with Crippen molar-refractivity contribution in [1.29, 1.82) is 0 Å². The van der Waals surface area contributed by atoms with E-state index in [4.69, 9.17) is 15.5 Å². The molecule has 0 aliphatic heterocycles. The van der Waals surface area contributed by atoms with Crippen LogP contribution in [0.15, 0.2) is 0 Å². The minimum Gasteiger partial charge on any atom is -0.328 e. The third-order valence-electron chi connectivity index (χ3n) is 1.92. The molecule has 0 amide bonds. The molecule has 0 radical (unpaired) electrons. The first-order valence-corrected chi connectivity index (χ1v) is 4.99. The maximum Gasteiger partial charge on any atom is 0.328 e. The van der Waals surface area contributed by atoms with Crippen molar-refractivity contribution < 1.29 is 14.4 Å². The number of rotatable bonds is 1. The molecule has 0 aromatic carbocycles. The second kappa shape index (κ2) is 2.62. The van der Waals surface area contributed by atoms with Gasteiger partial charge in [0, 0.05) is 6.04 Å². The van der Waals surface area contributed by atoms with Gasteiger partial charge in [0.1, 0.15) is 0 Å². The fourth-order valence-electron chi connectivity index (χ4n) is 1.30. The summed E-state index contributed by atoms with van der Waals surface area (Å²) in [4.78, 5) is 17.4. The summed E-state index contributed by atoms with van der Waals surface area (Å²) in [5.41, 5.74) is 5.01. The van der Waals surface area contributed by atoms with Gasteiger partial charge >= 0.3 is 7.60 Å². The Kier molecular flexibility index (Phi) is 2.15. The minimum atomic E-state index is -3.83. The van der Waals surface area contributed by atoms with E-state index in [2.05, 4.69) is 0 Å². The molecule has 2 atom stereocenters. The van der Waals surface area contributed by atoms with E-state index in [1.165, 1.54) is 0 Å². The topological polar surface area (TPSA) is 83.6 Å². The molecule has 0 aromatic heterocycles. The monoisotopic (exact) mass is 165 g/mol. The van der Waals surface area contributed by atoms with Crippen molar-refractivity contribution in [2.45, 2.75) is 31.0 Å². The highest BCUT2D eigenvalue weighted by Crippen LogP contribution is 2.48. The standard InChI is InChI=1S/C5H12NO3P/c6-4-1-2-5(3-4)10(7,8)9/h4-5H,1-3,6H2,(H2,7,8,9)/t4-,5?/m1/s1. The van der Waals surface area contributed by atoms with E-state index in [-0.39, 0.29) is 6.04 Å². The van der Waals surface area contributed by atoms with E-state index >= 15 is 0 Å². The first-order chi connectivity index (χ1) is 4.50. The predicted molar refractivity (Wildman–Crippen MR) is 37.7 cm³/mol. The van der Waals surface area contributed by atoms with Gasteiger partial charge in [0.05, 0.1) is 5.66 Å². The number of nitrogens with two attached hydrogens (primary N) is 1. The van der Waals surface area contributed by atoms with E-state index in [1.54, 1.807) is 0 Å². The van der Waals surface area contributed by atoms with Crippen LogP contribution in [-0.4, -0.2) is 21.5 Å². The Morgan fingerprint density at radius 2 is 2.00 bits per heavy atom. The zero-order chi connectivity index (χ0) is 7.78. The molecule has 1 aliphatic carbocycles.